The van der Waals surface area contributed by atoms with Crippen LogP contribution in [-0.2, 0) is 4.79 Å². The van der Waals surface area contributed by atoms with Crippen molar-refractivity contribution in [1.82, 2.24) is 4.98 Å². The molecule has 2 rings (SSSR count). The number of rotatable bonds is 7. The van der Waals surface area contributed by atoms with E-state index in [1.165, 1.54) is 32.1 Å². The number of alkyl halides is 3. The van der Waals surface area contributed by atoms with Crippen molar-refractivity contribution in [3.63, 3.8) is 0 Å². The van der Waals surface area contributed by atoms with Crippen LogP contribution in [0.2, 0.25) is 0 Å². The molecular formula is C19H25F3N2O3. The highest BCUT2D eigenvalue weighted by atomic mass is 19.4. The zero-order chi connectivity index (χ0) is 20.2. The van der Waals surface area contributed by atoms with Crippen molar-refractivity contribution in [3.05, 3.63) is 36.1 Å². The molecule has 5 nitrogen and oxygen atoms in total. The highest BCUT2D eigenvalue weighted by Crippen LogP contribution is 2.27. The van der Waals surface area contributed by atoms with Gasteiger partial charge in [-0.25, -0.2) is 9.78 Å². The molecule has 0 aromatic carbocycles. The second-order valence-electron chi connectivity index (χ2n) is 6.09. The van der Waals surface area contributed by atoms with Crippen molar-refractivity contribution in [1.29, 1.82) is 0 Å². The SMILES string of the molecule is C=C(CNc1cnc(OC)c(/C=C/C2CCCCC2)c1)C(=O)O.FC(F)F. The Morgan fingerprint density at radius 2 is 2.04 bits per heavy atom. The van der Waals surface area contributed by atoms with Crippen LogP contribution in [-0.4, -0.2) is 36.4 Å². The molecule has 0 atom stereocenters. The minimum atomic E-state index is -3.67. The predicted molar refractivity (Wildman–Crippen MR) is 98.8 cm³/mol. The van der Waals surface area contributed by atoms with E-state index in [2.05, 4.69) is 29.0 Å². The molecule has 2 N–H and O–H groups in total. The molecule has 1 aromatic heterocycles. The van der Waals surface area contributed by atoms with Crippen LogP contribution in [0.3, 0.4) is 0 Å². The Kier molecular flexibility index (Phi) is 10.00. The molecule has 27 heavy (non-hydrogen) atoms. The van der Waals surface area contributed by atoms with Crippen molar-refractivity contribution in [2.75, 3.05) is 19.0 Å². The number of nitrogens with zero attached hydrogens (tertiary/aromatic N) is 1. The number of anilines is 1. The number of allylic oxidation sites excluding steroid dienone is 1. The smallest absolute Gasteiger partial charge is 0.379 e. The van der Waals surface area contributed by atoms with E-state index in [-0.39, 0.29) is 12.1 Å². The van der Waals surface area contributed by atoms with Crippen molar-refractivity contribution < 1.29 is 27.8 Å². The largest absolute Gasteiger partial charge is 0.481 e. The molecule has 1 saturated carbocycles. The van der Waals surface area contributed by atoms with Gasteiger partial charge in [-0.15, -0.1) is 0 Å². The van der Waals surface area contributed by atoms with E-state index in [0.29, 0.717) is 11.8 Å². The Bertz CT molecular complexity index is 642. The molecule has 0 aliphatic heterocycles. The quantitative estimate of drug-likeness (QED) is 0.651. The fraction of sp³-hybridized carbons (Fsp3) is 0.474. The van der Waals surface area contributed by atoms with E-state index in [0.717, 1.165) is 11.3 Å². The topological polar surface area (TPSA) is 71.5 Å². The number of ether oxygens (including phenoxy) is 1. The Hall–Kier alpha value is -2.51. The molecule has 1 heterocycles. The Morgan fingerprint density at radius 3 is 2.59 bits per heavy atom. The summed E-state index contributed by atoms with van der Waals surface area (Å²) in [6.07, 6.45) is 12.3. The van der Waals surface area contributed by atoms with E-state index >= 15 is 0 Å². The summed E-state index contributed by atoms with van der Waals surface area (Å²) in [6.45, 7) is 0.0108. The lowest BCUT2D eigenvalue weighted by Gasteiger charge is -2.18. The first-order valence-corrected chi connectivity index (χ1v) is 8.63. The molecule has 1 aromatic rings. The van der Waals surface area contributed by atoms with E-state index < -0.39 is 12.6 Å². The van der Waals surface area contributed by atoms with Gasteiger partial charge in [-0.3, -0.25) is 0 Å². The third-order valence-electron chi connectivity index (χ3n) is 4.08. The number of aliphatic carboxylic acids is 1. The summed E-state index contributed by atoms with van der Waals surface area (Å²) < 4.78 is 34.3. The number of halogens is 3. The van der Waals surface area contributed by atoms with Gasteiger partial charge in [0, 0.05) is 17.7 Å². The number of pyridine rings is 1. The Labute approximate surface area is 156 Å². The van der Waals surface area contributed by atoms with Gasteiger partial charge in [-0.2, -0.15) is 13.2 Å². The second-order valence-corrected chi connectivity index (χ2v) is 6.09. The highest BCUT2D eigenvalue weighted by Gasteiger charge is 2.11. The molecule has 0 amide bonds. The number of aromatic nitrogens is 1. The summed E-state index contributed by atoms with van der Waals surface area (Å²) in [6, 6.07) is 1.92. The maximum Gasteiger partial charge on any atom is 0.379 e. The van der Waals surface area contributed by atoms with Gasteiger partial charge in [0.25, 0.3) is 0 Å². The third-order valence-corrected chi connectivity index (χ3v) is 4.08. The highest BCUT2D eigenvalue weighted by molar-refractivity contribution is 5.86. The summed E-state index contributed by atoms with van der Waals surface area (Å²) in [4.78, 5) is 15.0. The van der Waals surface area contributed by atoms with Crippen LogP contribution in [0.5, 0.6) is 5.88 Å². The van der Waals surface area contributed by atoms with Gasteiger partial charge in [0.05, 0.1) is 19.0 Å². The Balaban J connectivity index is 0.000000828. The summed E-state index contributed by atoms with van der Waals surface area (Å²) in [5.41, 5.74) is 1.75. The molecule has 0 bridgehead atoms. The van der Waals surface area contributed by atoms with E-state index in [9.17, 15) is 18.0 Å². The molecule has 0 spiro atoms. The number of carboxylic acids is 1. The lowest BCUT2D eigenvalue weighted by Crippen LogP contribution is -2.11. The second kappa shape index (κ2) is 12.0. The van der Waals surface area contributed by atoms with Crippen LogP contribution in [0.15, 0.2) is 30.5 Å². The molecule has 8 heteroatoms. The third kappa shape index (κ3) is 9.12. The molecule has 0 unspecified atom stereocenters. The lowest BCUT2D eigenvalue weighted by molar-refractivity contribution is -0.132. The summed E-state index contributed by atoms with van der Waals surface area (Å²) in [5, 5.41) is 11.9. The van der Waals surface area contributed by atoms with Crippen LogP contribution >= 0.6 is 0 Å². The zero-order valence-electron chi connectivity index (χ0n) is 15.3. The standard InChI is InChI=1S/C18H24N2O3.CHF3/c1-13(18(21)22)11-19-16-10-15(17(23-2)20-12-16)9-8-14-6-4-3-5-7-14;2-1(3)4/h8-10,12,14,19H,1,3-7,11H2,2H3,(H,21,22);1H/b9-8+;. The van der Waals surface area contributed by atoms with Gasteiger partial charge in [0.15, 0.2) is 0 Å². The number of methoxy groups -OCH3 is 1. The molecule has 1 aliphatic carbocycles. The summed E-state index contributed by atoms with van der Waals surface area (Å²) in [7, 11) is 1.60. The van der Waals surface area contributed by atoms with Crippen LogP contribution in [0.25, 0.3) is 6.08 Å². The summed E-state index contributed by atoms with van der Waals surface area (Å²) in [5.74, 6) is 0.188. The van der Waals surface area contributed by atoms with E-state index in [4.69, 9.17) is 9.84 Å². The first-order valence-electron chi connectivity index (χ1n) is 8.63. The first-order chi connectivity index (χ1) is 12.8. The lowest BCUT2D eigenvalue weighted by atomic mass is 9.89. The van der Waals surface area contributed by atoms with Crippen molar-refractivity contribution in [2.24, 2.45) is 5.92 Å². The fourth-order valence-electron chi connectivity index (χ4n) is 2.71. The number of carboxylic acid groups (broad SMARTS) is 1. The van der Waals surface area contributed by atoms with Crippen molar-refractivity contribution in [2.45, 2.75) is 38.8 Å². The number of nitrogens with one attached hydrogen (secondary N) is 1. The van der Waals surface area contributed by atoms with Gasteiger partial charge >= 0.3 is 12.6 Å². The van der Waals surface area contributed by atoms with Gasteiger partial charge < -0.3 is 15.2 Å². The minimum absolute atomic E-state index is 0.111. The van der Waals surface area contributed by atoms with Gasteiger partial charge in [-0.1, -0.05) is 38.0 Å². The molecule has 1 fully saturated rings. The van der Waals surface area contributed by atoms with Gasteiger partial charge in [0.1, 0.15) is 0 Å². The number of hydrogen-bond acceptors (Lipinski definition) is 4. The molecular weight excluding hydrogens is 361 g/mol. The Morgan fingerprint density at radius 1 is 1.41 bits per heavy atom. The average Bonchev–Trinajstić information content (AvgIpc) is 2.64. The minimum Gasteiger partial charge on any atom is -0.481 e. The van der Waals surface area contributed by atoms with Crippen LogP contribution in [0.1, 0.15) is 37.7 Å². The van der Waals surface area contributed by atoms with Crippen molar-refractivity contribution >= 4 is 17.7 Å². The first kappa shape index (κ1) is 22.5. The number of hydrogen-bond donors (Lipinski definition) is 2. The molecule has 0 radical (unpaired) electrons. The molecule has 1 aliphatic rings. The number of carbonyl (C=O) groups is 1. The monoisotopic (exact) mass is 386 g/mol. The molecule has 0 saturated heterocycles. The molecule has 150 valence electrons. The van der Waals surface area contributed by atoms with Crippen LogP contribution in [0.4, 0.5) is 18.9 Å². The van der Waals surface area contributed by atoms with Gasteiger partial charge in [0.2, 0.25) is 5.88 Å². The summed E-state index contributed by atoms with van der Waals surface area (Å²) >= 11 is 0. The average molecular weight is 386 g/mol. The zero-order valence-corrected chi connectivity index (χ0v) is 15.3. The van der Waals surface area contributed by atoms with Crippen LogP contribution in [0, 0.1) is 5.92 Å². The van der Waals surface area contributed by atoms with E-state index in [1.54, 1.807) is 13.3 Å². The fourth-order valence-corrected chi connectivity index (χ4v) is 2.71. The maximum absolute atomic E-state index is 10.8. The maximum atomic E-state index is 10.8. The predicted octanol–water partition coefficient (Wildman–Crippen LogP) is 4.91. The van der Waals surface area contributed by atoms with Gasteiger partial charge in [-0.05, 0) is 24.8 Å². The van der Waals surface area contributed by atoms with Crippen LogP contribution < -0.4 is 10.1 Å². The van der Waals surface area contributed by atoms with Crippen molar-refractivity contribution in [3.8, 4) is 5.88 Å². The van der Waals surface area contributed by atoms with E-state index in [1.807, 2.05) is 6.07 Å². The normalized spacial score (nSPS) is 14.6.